The molecule has 0 aliphatic carbocycles. The maximum Gasteiger partial charge on any atom is 0.337 e. The van der Waals surface area contributed by atoms with E-state index in [9.17, 15) is 22.8 Å². The molecule has 0 bridgehead atoms. The van der Waals surface area contributed by atoms with Crippen molar-refractivity contribution in [2.75, 3.05) is 19.0 Å². The third-order valence-corrected chi connectivity index (χ3v) is 5.67. The number of para-hydroxylation sites is 1. The Hall–Kier alpha value is -3.74. The number of ether oxygens (including phenoxy) is 1. The van der Waals surface area contributed by atoms with Crippen LogP contribution in [0.25, 0.3) is 11.0 Å². The molecular weight excluding hydrogens is 476 g/mol. The number of hydrogen-bond acceptors (Lipinski definition) is 7. The Morgan fingerprint density at radius 1 is 1.06 bits per heavy atom. The summed E-state index contributed by atoms with van der Waals surface area (Å²) in [5.74, 6) is -1.50. The standard InChI is InChI=1S/C23H26N4O7S/c1-33-23(30)15-9-11-17(12-10-15)26-21(28)18(7-4-5-13-25-35(24,31)32)27-22(29)20-14-16-6-2-3-8-19(16)34-20/h2-3,6,8-12,14,18,25H,4-5,7,13H2,1H3,(H,26,28)(H,27,29)(H2,24,31,32)/t18-/m0/s1. The van der Waals surface area contributed by atoms with Crippen LogP contribution in [0.4, 0.5) is 5.69 Å². The zero-order valence-corrected chi connectivity index (χ0v) is 19.8. The predicted molar refractivity (Wildman–Crippen MR) is 129 cm³/mol. The Labute approximate surface area is 202 Å². The summed E-state index contributed by atoms with van der Waals surface area (Å²) in [6.07, 6.45) is 1.04. The number of amides is 2. The van der Waals surface area contributed by atoms with Crippen molar-refractivity contribution < 1.29 is 32.0 Å². The van der Waals surface area contributed by atoms with Gasteiger partial charge in [0.15, 0.2) is 5.76 Å². The predicted octanol–water partition coefficient (Wildman–Crippen LogP) is 1.92. The molecule has 5 N–H and O–H groups in total. The Bertz CT molecular complexity index is 1270. The maximum atomic E-state index is 13.0. The molecule has 11 nitrogen and oxygen atoms in total. The first-order chi connectivity index (χ1) is 16.7. The highest BCUT2D eigenvalue weighted by Crippen LogP contribution is 2.19. The first-order valence-electron chi connectivity index (χ1n) is 10.7. The summed E-state index contributed by atoms with van der Waals surface area (Å²) in [5.41, 5.74) is 1.28. The van der Waals surface area contributed by atoms with E-state index in [-0.39, 0.29) is 18.7 Å². The lowest BCUT2D eigenvalue weighted by molar-refractivity contribution is -0.118. The van der Waals surface area contributed by atoms with E-state index in [1.165, 1.54) is 31.4 Å². The summed E-state index contributed by atoms with van der Waals surface area (Å²) in [4.78, 5) is 37.4. The van der Waals surface area contributed by atoms with Crippen LogP contribution in [0, 0.1) is 0 Å². The van der Waals surface area contributed by atoms with Crippen LogP contribution in [0.2, 0.25) is 0 Å². The van der Waals surface area contributed by atoms with Crippen LogP contribution in [0.5, 0.6) is 0 Å². The van der Waals surface area contributed by atoms with Crippen molar-refractivity contribution in [2.45, 2.75) is 25.3 Å². The van der Waals surface area contributed by atoms with Crippen molar-refractivity contribution >= 4 is 44.6 Å². The molecule has 0 saturated heterocycles. The largest absolute Gasteiger partial charge is 0.465 e. The van der Waals surface area contributed by atoms with Crippen molar-refractivity contribution in [3.8, 4) is 0 Å². The molecule has 0 aliphatic rings. The van der Waals surface area contributed by atoms with Gasteiger partial charge in [0.05, 0.1) is 12.7 Å². The number of benzene rings is 2. The van der Waals surface area contributed by atoms with Gasteiger partial charge in [-0.3, -0.25) is 9.59 Å². The fraction of sp³-hybridized carbons (Fsp3) is 0.261. The number of rotatable bonds is 11. The summed E-state index contributed by atoms with van der Waals surface area (Å²) in [6.45, 7) is 0.0969. The van der Waals surface area contributed by atoms with E-state index in [2.05, 4.69) is 20.1 Å². The van der Waals surface area contributed by atoms with Gasteiger partial charge < -0.3 is 19.8 Å². The zero-order valence-electron chi connectivity index (χ0n) is 18.9. The lowest BCUT2D eigenvalue weighted by Crippen LogP contribution is -2.43. The Balaban J connectivity index is 1.68. The van der Waals surface area contributed by atoms with Gasteiger partial charge in [0.25, 0.3) is 16.1 Å². The number of methoxy groups -OCH3 is 1. The van der Waals surface area contributed by atoms with Crippen LogP contribution in [0.3, 0.4) is 0 Å². The minimum Gasteiger partial charge on any atom is -0.465 e. The van der Waals surface area contributed by atoms with Crippen molar-refractivity contribution in [3.63, 3.8) is 0 Å². The second kappa shape index (κ2) is 11.6. The average Bonchev–Trinajstić information content (AvgIpc) is 3.27. The molecule has 12 heteroatoms. The third-order valence-electron chi connectivity index (χ3n) is 5.07. The normalized spacial score (nSPS) is 12.2. The lowest BCUT2D eigenvalue weighted by atomic mass is 10.1. The molecule has 0 spiro atoms. The van der Waals surface area contributed by atoms with E-state index in [4.69, 9.17) is 9.56 Å². The van der Waals surface area contributed by atoms with Gasteiger partial charge in [0, 0.05) is 17.6 Å². The van der Waals surface area contributed by atoms with Crippen molar-refractivity contribution in [1.82, 2.24) is 10.0 Å². The number of carbonyl (C=O) groups excluding carboxylic acids is 3. The SMILES string of the molecule is COC(=O)c1ccc(NC(=O)[C@H](CCCCNS(N)(=O)=O)NC(=O)c2cc3ccccc3o2)cc1. The van der Waals surface area contributed by atoms with E-state index in [0.717, 1.165) is 5.39 Å². The molecule has 1 heterocycles. The number of hydrogen-bond donors (Lipinski definition) is 4. The van der Waals surface area contributed by atoms with E-state index in [1.807, 2.05) is 6.07 Å². The summed E-state index contributed by atoms with van der Waals surface area (Å²) in [5, 5.41) is 11.0. The molecule has 1 aromatic heterocycles. The first-order valence-corrected chi connectivity index (χ1v) is 12.3. The van der Waals surface area contributed by atoms with Crippen molar-refractivity contribution in [3.05, 3.63) is 65.9 Å². The van der Waals surface area contributed by atoms with Crippen LogP contribution in [-0.4, -0.2) is 45.9 Å². The molecule has 2 amide bonds. The van der Waals surface area contributed by atoms with Crippen LogP contribution < -0.4 is 20.5 Å². The number of nitrogens with two attached hydrogens (primary N) is 1. The van der Waals surface area contributed by atoms with Gasteiger partial charge in [-0.15, -0.1) is 0 Å². The zero-order chi connectivity index (χ0) is 25.4. The molecule has 2 aromatic carbocycles. The second-order valence-electron chi connectivity index (χ2n) is 7.67. The number of esters is 1. The quantitative estimate of drug-likeness (QED) is 0.229. The van der Waals surface area contributed by atoms with Crippen LogP contribution in [0.1, 0.15) is 40.2 Å². The number of anilines is 1. The summed E-state index contributed by atoms with van der Waals surface area (Å²) >= 11 is 0. The fourth-order valence-corrected chi connectivity index (χ4v) is 3.75. The van der Waals surface area contributed by atoms with Gasteiger partial charge in [-0.1, -0.05) is 18.2 Å². The molecule has 35 heavy (non-hydrogen) atoms. The lowest BCUT2D eigenvalue weighted by Gasteiger charge is -2.18. The number of nitrogens with one attached hydrogen (secondary N) is 3. The molecule has 0 unspecified atom stereocenters. The van der Waals surface area contributed by atoms with E-state index >= 15 is 0 Å². The Morgan fingerprint density at radius 2 is 1.77 bits per heavy atom. The van der Waals surface area contributed by atoms with Crippen LogP contribution >= 0.6 is 0 Å². The molecule has 0 radical (unpaired) electrons. The van der Waals surface area contributed by atoms with Crippen molar-refractivity contribution in [2.24, 2.45) is 5.14 Å². The minimum absolute atomic E-state index is 0.0577. The highest BCUT2D eigenvalue weighted by atomic mass is 32.2. The number of carbonyl (C=O) groups is 3. The van der Waals surface area contributed by atoms with Gasteiger partial charge >= 0.3 is 5.97 Å². The van der Waals surface area contributed by atoms with Crippen LogP contribution in [-0.2, 0) is 19.7 Å². The Morgan fingerprint density at radius 3 is 2.43 bits per heavy atom. The number of unbranched alkanes of at least 4 members (excludes halogenated alkanes) is 1. The molecule has 3 rings (SSSR count). The average molecular weight is 503 g/mol. The summed E-state index contributed by atoms with van der Waals surface area (Å²) in [7, 11) is -2.54. The van der Waals surface area contributed by atoms with Gasteiger partial charge in [-0.2, -0.15) is 8.42 Å². The number of furan rings is 1. The smallest absolute Gasteiger partial charge is 0.337 e. The monoisotopic (exact) mass is 502 g/mol. The number of fused-ring (bicyclic) bond motifs is 1. The molecule has 0 aliphatic heterocycles. The fourth-order valence-electron chi connectivity index (χ4n) is 3.32. The first kappa shape index (κ1) is 25.9. The summed E-state index contributed by atoms with van der Waals surface area (Å²) < 4.78 is 34.4. The highest BCUT2D eigenvalue weighted by Gasteiger charge is 2.23. The van der Waals surface area contributed by atoms with Crippen molar-refractivity contribution in [1.29, 1.82) is 0 Å². The minimum atomic E-state index is -3.81. The molecular formula is C23H26N4O7S. The van der Waals surface area contributed by atoms with Gasteiger partial charge in [0.2, 0.25) is 5.91 Å². The molecule has 186 valence electrons. The van der Waals surface area contributed by atoms with E-state index in [0.29, 0.717) is 29.7 Å². The van der Waals surface area contributed by atoms with Gasteiger partial charge in [-0.05, 0) is 55.7 Å². The highest BCUT2D eigenvalue weighted by molar-refractivity contribution is 7.87. The van der Waals surface area contributed by atoms with Gasteiger partial charge in [0.1, 0.15) is 11.6 Å². The van der Waals surface area contributed by atoms with Crippen LogP contribution in [0.15, 0.2) is 59.0 Å². The second-order valence-corrected chi connectivity index (χ2v) is 9.05. The molecule has 3 aromatic rings. The van der Waals surface area contributed by atoms with E-state index < -0.39 is 34.0 Å². The summed E-state index contributed by atoms with van der Waals surface area (Å²) in [6, 6.07) is 13.9. The topological polar surface area (TPSA) is 170 Å². The van der Waals surface area contributed by atoms with Gasteiger partial charge in [-0.25, -0.2) is 14.7 Å². The molecule has 1 atom stereocenters. The maximum absolute atomic E-state index is 13.0. The van der Waals surface area contributed by atoms with E-state index in [1.54, 1.807) is 24.3 Å². The third kappa shape index (κ3) is 7.64. The molecule has 0 saturated carbocycles. The Kier molecular flexibility index (Phi) is 8.58. The molecule has 0 fully saturated rings.